The van der Waals surface area contributed by atoms with E-state index >= 15 is 0 Å². The van der Waals surface area contributed by atoms with E-state index < -0.39 is 5.91 Å². The Hall–Kier alpha value is -2.39. The fraction of sp³-hybridized carbons (Fsp3) is 0.400. The molecular weight excluding hydrogens is 268 g/mol. The SMILES string of the molecule is CCOCCCNC(=O)/C(C#N)=C\Nc1ccc(C)nc1. The van der Waals surface area contributed by atoms with Gasteiger partial charge in [-0.1, -0.05) is 0 Å². The Morgan fingerprint density at radius 3 is 2.95 bits per heavy atom. The molecule has 112 valence electrons. The normalized spacial score (nSPS) is 10.8. The average molecular weight is 288 g/mol. The van der Waals surface area contributed by atoms with Gasteiger partial charge in [0.25, 0.3) is 5.91 Å². The van der Waals surface area contributed by atoms with Gasteiger partial charge >= 0.3 is 0 Å². The molecule has 0 saturated heterocycles. The number of rotatable bonds is 8. The standard InChI is InChI=1S/C15H20N4O2/c1-3-21-8-4-7-17-15(20)13(9-16)10-19-14-6-5-12(2)18-11-14/h5-6,10-11,19H,3-4,7-8H2,1-2H3,(H,17,20)/b13-10-. The first-order valence-electron chi connectivity index (χ1n) is 6.82. The predicted octanol–water partition coefficient (Wildman–Crippen LogP) is 1.75. The zero-order valence-electron chi connectivity index (χ0n) is 12.3. The molecular formula is C15H20N4O2. The third-order valence-corrected chi connectivity index (χ3v) is 2.61. The van der Waals surface area contributed by atoms with E-state index in [1.165, 1.54) is 6.20 Å². The second-order valence-corrected chi connectivity index (χ2v) is 4.31. The van der Waals surface area contributed by atoms with Crippen molar-refractivity contribution in [1.82, 2.24) is 10.3 Å². The van der Waals surface area contributed by atoms with Crippen LogP contribution in [0.5, 0.6) is 0 Å². The molecule has 1 aromatic heterocycles. The van der Waals surface area contributed by atoms with E-state index in [0.717, 1.165) is 11.4 Å². The number of anilines is 1. The number of aryl methyl sites for hydroxylation is 1. The molecule has 6 nitrogen and oxygen atoms in total. The molecule has 1 rings (SSSR count). The molecule has 6 heteroatoms. The monoisotopic (exact) mass is 288 g/mol. The molecule has 0 aromatic carbocycles. The molecule has 0 unspecified atom stereocenters. The lowest BCUT2D eigenvalue weighted by Crippen LogP contribution is -2.26. The van der Waals surface area contributed by atoms with Gasteiger partial charge in [0, 0.05) is 31.7 Å². The van der Waals surface area contributed by atoms with E-state index in [-0.39, 0.29) is 5.57 Å². The first-order valence-corrected chi connectivity index (χ1v) is 6.82. The number of carbonyl (C=O) groups is 1. The number of ether oxygens (including phenoxy) is 1. The molecule has 0 spiro atoms. The first-order chi connectivity index (χ1) is 10.2. The number of nitriles is 1. The van der Waals surface area contributed by atoms with E-state index in [2.05, 4.69) is 15.6 Å². The summed E-state index contributed by atoms with van der Waals surface area (Å²) in [5.41, 5.74) is 1.64. The van der Waals surface area contributed by atoms with Gasteiger partial charge in [-0.25, -0.2) is 0 Å². The third kappa shape index (κ3) is 6.54. The zero-order valence-corrected chi connectivity index (χ0v) is 12.3. The Morgan fingerprint density at radius 2 is 2.33 bits per heavy atom. The highest BCUT2D eigenvalue weighted by molar-refractivity contribution is 5.97. The summed E-state index contributed by atoms with van der Waals surface area (Å²) in [7, 11) is 0. The molecule has 0 saturated carbocycles. The number of nitrogens with zero attached hydrogens (tertiary/aromatic N) is 2. The number of carbonyl (C=O) groups excluding carboxylic acids is 1. The van der Waals surface area contributed by atoms with Crippen LogP contribution in [0.1, 0.15) is 19.0 Å². The fourth-order valence-corrected chi connectivity index (χ4v) is 1.47. The van der Waals surface area contributed by atoms with E-state index in [4.69, 9.17) is 10.00 Å². The molecule has 0 atom stereocenters. The molecule has 2 N–H and O–H groups in total. The summed E-state index contributed by atoms with van der Waals surface area (Å²) in [6.07, 6.45) is 3.73. The first kappa shape index (κ1) is 16.7. The largest absolute Gasteiger partial charge is 0.382 e. The Labute approximate surface area is 124 Å². The van der Waals surface area contributed by atoms with Crippen LogP contribution >= 0.6 is 0 Å². The number of aromatic nitrogens is 1. The lowest BCUT2D eigenvalue weighted by Gasteiger charge is -2.05. The number of hydrogen-bond acceptors (Lipinski definition) is 5. The summed E-state index contributed by atoms with van der Waals surface area (Å²) in [6.45, 7) is 5.53. The van der Waals surface area contributed by atoms with Crippen molar-refractivity contribution in [3.05, 3.63) is 35.8 Å². The average Bonchev–Trinajstić information content (AvgIpc) is 2.49. The van der Waals surface area contributed by atoms with Crippen molar-refractivity contribution >= 4 is 11.6 Å². The highest BCUT2D eigenvalue weighted by Crippen LogP contribution is 2.06. The van der Waals surface area contributed by atoms with E-state index in [0.29, 0.717) is 26.2 Å². The van der Waals surface area contributed by atoms with Crippen LogP contribution in [0, 0.1) is 18.3 Å². The highest BCUT2D eigenvalue weighted by atomic mass is 16.5. The molecule has 0 aliphatic carbocycles. The number of nitrogens with one attached hydrogen (secondary N) is 2. The van der Waals surface area contributed by atoms with Crippen molar-refractivity contribution in [3.8, 4) is 6.07 Å². The van der Waals surface area contributed by atoms with Crippen molar-refractivity contribution < 1.29 is 9.53 Å². The quantitative estimate of drug-likeness (QED) is 0.432. The Morgan fingerprint density at radius 1 is 1.52 bits per heavy atom. The maximum Gasteiger partial charge on any atom is 0.263 e. The third-order valence-electron chi connectivity index (χ3n) is 2.61. The summed E-state index contributed by atoms with van der Waals surface area (Å²) in [5, 5.41) is 14.6. The molecule has 0 aliphatic rings. The Balaban J connectivity index is 2.45. The van der Waals surface area contributed by atoms with Gasteiger partial charge in [0.15, 0.2) is 0 Å². The minimum atomic E-state index is -0.401. The van der Waals surface area contributed by atoms with Gasteiger partial charge in [0.05, 0.1) is 11.9 Å². The van der Waals surface area contributed by atoms with E-state index in [1.54, 1.807) is 6.20 Å². The summed E-state index contributed by atoms with van der Waals surface area (Å²) in [4.78, 5) is 15.9. The van der Waals surface area contributed by atoms with Crippen molar-refractivity contribution in [2.45, 2.75) is 20.3 Å². The van der Waals surface area contributed by atoms with Gasteiger partial charge in [-0.05, 0) is 32.4 Å². The van der Waals surface area contributed by atoms with Crippen molar-refractivity contribution in [3.63, 3.8) is 0 Å². The van der Waals surface area contributed by atoms with Crippen LogP contribution in [0.4, 0.5) is 5.69 Å². The minimum absolute atomic E-state index is 0.0204. The van der Waals surface area contributed by atoms with Crippen LogP contribution in [0.3, 0.4) is 0 Å². The molecule has 21 heavy (non-hydrogen) atoms. The van der Waals surface area contributed by atoms with E-state index in [9.17, 15) is 4.79 Å². The van der Waals surface area contributed by atoms with Gasteiger partial charge in [-0.3, -0.25) is 9.78 Å². The molecule has 1 aromatic rings. The maximum atomic E-state index is 11.8. The lowest BCUT2D eigenvalue weighted by atomic mass is 10.3. The maximum absolute atomic E-state index is 11.8. The summed E-state index contributed by atoms with van der Waals surface area (Å²) in [6, 6.07) is 5.54. The molecule has 0 fully saturated rings. The van der Waals surface area contributed by atoms with Gasteiger partial charge in [0.2, 0.25) is 0 Å². The van der Waals surface area contributed by atoms with Crippen molar-refractivity contribution in [1.29, 1.82) is 5.26 Å². The minimum Gasteiger partial charge on any atom is -0.382 e. The topological polar surface area (TPSA) is 87.0 Å². The van der Waals surface area contributed by atoms with Crippen LogP contribution in [-0.4, -0.2) is 30.6 Å². The Kier molecular flexibility index (Phi) is 7.54. The smallest absolute Gasteiger partial charge is 0.263 e. The number of pyridine rings is 1. The Bertz CT molecular complexity index is 517. The molecule has 1 heterocycles. The fourth-order valence-electron chi connectivity index (χ4n) is 1.47. The summed E-state index contributed by atoms with van der Waals surface area (Å²) in [5.74, 6) is -0.401. The molecule has 1 amide bonds. The van der Waals surface area contributed by atoms with Crippen LogP contribution in [0.25, 0.3) is 0 Å². The van der Waals surface area contributed by atoms with Gasteiger partial charge < -0.3 is 15.4 Å². The highest BCUT2D eigenvalue weighted by Gasteiger charge is 2.07. The van der Waals surface area contributed by atoms with E-state index in [1.807, 2.05) is 32.0 Å². The second kappa shape index (κ2) is 9.50. The number of amides is 1. The van der Waals surface area contributed by atoms with Gasteiger partial charge in [0.1, 0.15) is 11.6 Å². The molecule has 0 radical (unpaired) electrons. The van der Waals surface area contributed by atoms with Crippen molar-refractivity contribution in [2.24, 2.45) is 0 Å². The van der Waals surface area contributed by atoms with Crippen molar-refractivity contribution in [2.75, 3.05) is 25.1 Å². The predicted molar refractivity (Wildman–Crippen MR) is 80.4 cm³/mol. The van der Waals surface area contributed by atoms with Gasteiger partial charge in [-0.2, -0.15) is 5.26 Å². The summed E-state index contributed by atoms with van der Waals surface area (Å²) < 4.78 is 5.17. The molecule has 0 bridgehead atoms. The summed E-state index contributed by atoms with van der Waals surface area (Å²) >= 11 is 0. The van der Waals surface area contributed by atoms with Crippen LogP contribution in [0.15, 0.2) is 30.1 Å². The zero-order chi connectivity index (χ0) is 15.5. The molecule has 0 aliphatic heterocycles. The van der Waals surface area contributed by atoms with Crippen LogP contribution < -0.4 is 10.6 Å². The van der Waals surface area contributed by atoms with Gasteiger partial charge in [-0.15, -0.1) is 0 Å². The second-order valence-electron chi connectivity index (χ2n) is 4.31. The van der Waals surface area contributed by atoms with Crippen LogP contribution in [0.2, 0.25) is 0 Å². The van der Waals surface area contributed by atoms with Crippen LogP contribution in [-0.2, 0) is 9.53 Å². The lowest BCUT2D eigenvalue weighted by molar-refractivity contribution is -0.117. The number of hydrogen-bond donors (Lipinski definition) is 2.